The molecule has 0 aliphatic heterocycles. The second-order valence-electron chi connectivity index (χ2n) is 8.88. The molecule has 0 N–H and O–H groups in total. The Morgan fingerprint density at radius 3 is 2.70 bits per heavy atom. The van der Waals surface area contributed by atoms with E-state index in [0.29, 0.717) is 17.8 Å². The van der Waals surface area contributed by atoms with Crippen LogP contribution < -0.4 is 9.47 Å². The second kappa shape index (κ2) is 8.57. The van der Waals surface area contributed by atoms with Crippen molar-refractivity contribution in [1.29, 1.82) is 0 Å². The Kier molecular flexibility index (Phi) is 6.04. The van der Waals surface area contributed by atoms with Crippen molar-refractivity contribution in [1.82, 2.24) is 14.5 Å². The van der Waals surface area contributed by atoms with E-state index in [9.17, 15) is 0 Å². The molecule has 8 heteroatoms. The van der Waals surface area contributed by atoms with E-state index in [1.807, 2.05) is 22.9 Å². The third-order valence-corrected chi connectivity index (χ3v) is 6.99. The number of ether oxygens (including phenoxy) is 3. The van der Waals surface area contributed by atoms with Crippen LogP contribution in [0.15, 0.2) is 30.6 Å². The van der Waals surface area contributed by atoms with E-state index in [-0.39, 0.29) is 6.10 Å². The molecule has 0 aromatic carbocycles. The Labute approximate surface area is 183 Å². The lowest BCUT2D eigenvalue weighted by atomic mass is 10.1. The lowest BCUT2D eigenvalue weighted by Crippen LogP contribution is -2.22. The molecule has 1 fully saturated rings. The Balaban J connectivity index is 1.73. The minimum absolute atomic E-state index is 0.265. The number of hydrogen-bond acceptors (Lipinski definition) is 5. The molecule has 6 nitrogen and oxygen atoms in total. The van der Waals surface area contributed by atoms with Crippen LogP contribution in [0.25, 0.3) is 22.2 Å². The summed E-state index contributed by atoms with van der Waals surface area (Å²) in [5, 5.41) is 1.41. The standard InChI is InChI=1S/C22H28ClN3O3Si/c1-27-22-20(18(9-10-24-22)29-15-5-6-15)17-13-26(14-28-11-12-30(2,3)4)21-16(17)7-8-19(23)25-21/h7-10,13,15H,5-6,11-12,14H2,1-4H3. The van der Waals surface area contributed by atoms with Crippen molar-refractivity contribution in [3.8, 4) is 22.8 Å². The molecule has 1 aliphatic rings. The van der Waals surface area contributed by atoms with Gasteiger partial charge in [-0.2, -0.15) is 0 Å². The van der Waals surface area contributed by atoms with Gasteiger partial charge in [-0.1, -0.05) is 31.2 Å². The zero-order valence-corrected chi connectivity index (χ0v) is 19.7. The Morgan fingerprint density at radius 2 is 2.00 bits per heavy atom. The van der Waals surface area contributed by atoms with Crippen molar-refractivity contribution in [3.63, 3.8) is 0 Å². The topological polar surface area (TPSA) is 58.4 Å². The molecule has 1 aliphatic carbocycles. The predicted octanol–water partition coefficient (Wildman–Crippen LogP) is 5.61. The highest BCUT2D eigenvalue weighted by atomic mass is 35.5. The number of pyridine rings is 2. The number of nitrogens with zero attached hydrogens (tertiary/aromatic N) is 3. The predicted molar refractivity (Wildman–Crippen MR) is 122 cm³/mol. The first-order chi connectivity index (χ1) is 14.4. The molecule has 0 atom stereocenters. The molecule has 0 bridgehead atoms. The molecule has 30 heavy (non-hydrogen) atoms. The minimum atomic E-state index is -1.15. The van der Waals surface area contributed by atoms with E-state index in [1.54, 1.807) is 19.4 Å². The zero-order valence-electron chi connectivity index (χ0n) is 17.9. The molecular formula is C22H28ClN3O3Si. The van der Waals surface area contributed by atoms with Crippen LogP contribution in [0.5, 0.6) is 11.6 Å². The van der Waals surface area contributed by atoms with Gasteiger partial charge in [0.1, 0.15) is 23.3 Å². The average Bonchev–Trinajstić information content (AvgIpc) is 3.44. The third kappa shape index (κ3) is 4.79. The van der Waals surface area contributed by atoms with Crippen LogP contribution in [-0.4, -0.2) is 42.4 Å². The van der Waals surface area contributed by atoms with Crippen LogP contribution >= 0.6 is 11.6 Å². The molecule has 0 amide bonds. The Hall–Kier alpha value is -2.09. The Morgan fingerprint density at radius 1 is 1.20 bits per heavy atom. The van der Waals surface area contributed by atoms with Gasteiger partial charge in [0, 0.05) is 38.0 Å². The fourth-order valence-corrected chi connectivity index (χ4v) is 4.17. The van der Waals surface area contributed by atoms with Crippen molar-refractivity contribution in [2.45, 2.75) is 51.4 Å². The summed E-state index contributed by atoms with van der Waals surface area (Å²) in [4.78, 5) is 8.98. The van der Waals surface area contributed by atoms with Crippen LogP contribution in [0.3, 0.4) is 0 Å². The molecule has 160 valence electrons. The first-order valence-corrected chi connectivity index (χ1v) is 14.4. The highest BCUT2D eigenvalue weighted by Gasteiger charge is 2.27. The molecule has 0 spiro atoms. The minimum Gasteiger partial charge on any atom is -0.490 e. The summed E-state index contributed by atoms with van der Waals surface area (Å²) in [5.41, 5.74) is 2.55. The van der Waals surface area contributed by atoms with Gasteiger partial charge in [-0.05, 0) is 37.1 Å². The fraction of sp³-hybridized carbons (Fsp3) is 0.455. The van der Waals surface area contributed by atoms with E-state index in [0.717, 1.165) is 53.4 Å². The Bertz CT molecular complexity index is 1040. The summed E-state index contributed by atoms with van der Waals surface area (Å²) in [6, 6.07) is 6.79. The molecule has 3 aromatic heterocycles. The fourth-order valence-electron chi connectivity index (χ4n) is 3.27. The highest BCUT2D eigenvalue weighted by Crippen LogP contribution is 2.43. The first-order valence-electron chi connectivity index (χ1n) is 10.3. The van der Waals surface area contributed by atoms with Gasteiger partial charge in [0.25, 0.3) is 0 Å². The van der Waals surface area contributed by atoms with E-state index >= 15 is 0 Å². The van der Waals surface area contributed by atoms with Crippen LogP contribution in [0, 0.1) is 0 Å². The van der Waals surface area contributed by atoms with Gasteiger partial charge in [0.2, 0.25) is 5.88 Å². The monoisotopic (exact) mass is 445 g/mol. The third-order valence-electron chi connectivity index (χ3n) is 5.07. The van der Waals surface area contributed by atoms with E-state index in [4.69, 9.17) is 25.8 Å². The van der Waals surface area contributed by atoms with Crippen molar-refractivity contribution < 1.29 is 14.2 Å². The normalized spacial score (nSPS) is 14.3. The van der Waals surface area contributed by atoms with Gasteiger partial charge < -0.3 is 18.8 Å². The van der Waals surface area contributed by atoms with Gasteiger partial charge in [0.15, 0.2) is 0 Å². The van der Waals surface area contributed by atoms with Gasteiger partial charge in [-0.25, -0.2) is 9.97 Å². The summed E-state index contributed by atoms with van der Waals surface area (Å²) >= 11 is 6.21. The van der Waals surface area contributed by atoms with Crippen molar-refractivity contribution in [2.24, 2.45) is 0 Å². The maximum atomic E-state index is 6.21. The molecule has 3 heterocycles. The highest BCUT2D eigenvalue weighted by molar-refractivity contribution is 6.76. The summed E-state index contributed by atoms with van der Waals surface area (Å²) in [7, 11) is 0.478. The molecule has 0 unspecified atom stereocenters. The van der Waals surface area contributed by atoms with Crippen LogP contribution in [0.1, 0.15) is 12.8 Å². The molecule has 0 saturated heterocycles. The number of fused-ring (bicyclic) bond motifs is 1. The van der Waals surface area contributed by atoms with Crippen LogP contribution in [-0.2, 0) is 11.5 Å². The average molecular weight is 446 g/mol. The quantitative estimate of drug-likeness (QED) is 0.243. The van der Waals surface area contributed by atoms with Gasteiger partial charge >= 0.3 is 0 Å². The lowest BCUT2D eigenvalue weighted by Gasteiger charge is -2.15. The van der Waals surface area contributed by atoms with Crippen molar-refractivity contribution >= 4 is 30.7 Å². The largest absolute Gasteiger partial charge is 0.490 e. The lowest BCUT2D eigenvalue weighted by molar-refractivity contribution is 0.0899. The van der Waals surface area contributed by atoms with Gasteiger partial charge in [-0.15, -0.1) is 0 Å². The van der Waals surface area contributed by atoms with Crippen LogP contribution in [0.4, 0.5) is 0 Å². The number of methoxy groups -OCH3 is 1. The van der Waals surface area contributed by atoms with E-state index in [2.05, 4.69) is 29.6 Å². The molecular weight excluding hydrogens is 418 g/mol. The first kappa shape index (κ1) is 21.2. The number of halogens is 1. The molecule has 4 rings (SSSR count). The number of hydrogen-bond donors (Lipinski definition) is 0. The SMILES string of the molecule is COc1nccc(OC2CC2)c1-c1cn(COCC[Si](C)(C)C)c2nc(Cl)ccc12. The smallest absolute Gasteiger partial charge is 0.224 e. The van der Waals surface area contributed by atoms with E-state index in [1.165, 1.54) is 0 Å². The maximum Gasteiger partial charge on any atom is 0.224 e. The van der Waals surface area contributed by atoms with Crippen molar-refractivity contribution in [2.75, 3.05) is 13.7 Å². The van der Waals surface area contributed by atoms with Crippen molar-refractivity contribution in [3.05, 3.63) is 35.7 Å². The number of aromatic nitrogens is 3. The zero-order chi connectivity index (χ0) is 21.3. The number of rotatable bonds is 9. The van der Waals surface area contributed by atoms with Gasteiger partial charge in [0.05, 0.1) is 18.8 Å². The maximum absolute atomic E-state index is 6.21. The molecule has 1 saturated carbocycles. The van der Waals surface area contributed by atoms with E-state index < -0.39 is 8.07 Å². The molecule has 3 aromatic rings. The summed E-state index contributed by atoms with van der Waals surface area (Å²) in [6.45, 7) is 8.18. The summed E-state index contributed by atoms with van der Waals surface area (Å²) in [5.74, 6) is 1.31. The summed E-state index contributed by atoms with van der Waals surface area (Å²) in [6.07, 6.45) is 6.17. The summed E-state index contributed by atoms with van der Waals surface area (Å²) < 4.78 is 19.7. The van der Waals surface area contributed by atoms with Gasteiger partial charge in [-0.3, -0.25) is 0 Å². The second-order valence-corrected chi connectivity index (χ2v) is 14.9. The van der Waals surface area contributed by atoms with Crippen LogP contribution in [0.2, 0.25) is 30.8 Å². The molecule has 0 radical (unpaired) electrons.